The number of nitrogens with zero attached hydrogens (tertiary/aromatic N) is 2. The van der Waals surface area contributed by atoms with E-state index in [0.29, 0.717) is 6.04 Å². The monoisotopic (exact) mass is 704 g/mol. The molecule has 0 spiro atoms. The summed E-state index contributed by atoms with van der Waals surface area (Å²) in [5.41, 5.74) is 13.3. The second-order valence-corrected chi connectivity index (χ2v) is 14.7. The van der Waals surface area contributed by atoms with Crippen LogP contribution in [0, 0.1) is 0 Å². The number of para-hydroxylation sites is 2. The van der Waals surface area contributed by atoms with E-state index in [-0.39, 0.29) is 0 Å². The van der Waals surface area contributed by atoms with Gasteiger partial charge in [0.05, 0.1) is 0 Å². The lowest BCUT2D eigenvalue weighted by molar-refractivity contribution is 0.642. The summed E-state index contributed by atoms with van der Waals surface area (Å²) in [6, 6.07) is 73.4. The summed E-state index contributed by atoms with van der Waals surface area (Å²) in [4.78, 5) is 2.37. The van der Waals surface area contributed by atoms with Gasteiger partial charge >= 0.3 is 0 Å². The predicted octanol–water partition coefficient (Wildman–Crippen LogP) is 15.2. The number of hydrogen-bond acceptors (Lipinski definition) is 1. The average Bonchev–Trinajstić information content (AvgIpc) is 3.58. The van der Waals surface area contributed by atoms with E-state index >= 15 is 0 Å². The van der Waals surface area contributed by atoms with Crippen molar-refractivity contribution in [2.45, 2.75) is 19.9 Å². The number of aromatic nitrogens is 1. The van der Waals surface area contributed by atoms with Crippen LogP contribution in [-0.4, -0.2) is 4.57 Å². The van der Waals surface area contributed by atoms with Gasteiger partial charge in [-0.3, -0.25) is 0 Å². The van der Waals surface area contributed by atoms with Crippen molar-refractivity contribution in [2.75, 3.05) is 4.90 Å². The van der Waals surface area contributed by atoms with Crippen molar-refractivity contribution in [3.05, 3.63) is 200 Å². The lowest BCUT2D eigenvalue weighted by atomic mass is 9.85. The van der Waals surface area contributed by atoms with Gasteiger partial charge in [-0.05, 0) is 123 Å². The Bertz CT molecular complexity index is 2980. The SMILES string of the molecule is CC(C)n1c2ccccc2c2cc(N(c3ccccc3)c3ccc(-c4ccc5c(-c6ccccc6)c6ccccc6c(-c6ccccc6)c5c4)cc3)ccc21. The largest absolute Gasteiger partial charge is 0.338 e. The van der Waals surface area contributed by atoms with Crippen molar-refractivity contribution < 1.29 is 0 Å². The smallest absolute Gasteiger partial charge is 0.0495 e. The first kappa shape index (κ1) is 32.7. The lowest BCUT2D eigenvalue weighted by Gasteiger charge is -2.26. The number of fused-ring (bicyclic) bond motifs is 5. The van der Waals surface area contributed by atoms with Crippen LogP contribution in [0.3, 0.4) is 0 Å². The maximum Gasteiger partial charge on any atom is 0.0495 e. The highest BCUT2D eigenvalue weighted by Gasteiger charge is 2.19. The van der Waals surface area contributed by atoms with E-state index in [9.17, 15) is 0 Å². The van der Waals surface area contributed by atoms with Crippen LogP contribution in [0.1, 0.15) is 19.9 Å². The molecule has 0 radical (unpaired) electrons. The third-order valence-corrected chi connectivity index (χ3v) is 11.1. The number of benzene rings is 9. The zero-order valence-electron chi connectivity index (χ0n) is 31.0. The van der Waals surface area contributed by atoms with Crippen molar-refractivity contribution in [1.82, 2.24) is 4.57 Å². The first-order valence-electron chi connectivity index (χ1n) is 19.2. The van der Waals surface area contributed by atoms with Gasteiger partial charge in [0, 0.05) is 44.9 Å². The summed E-state index contributed by atoms with van der Waals surface area (Å²) in [5, 5.41) is 7.60. The Morgan fingerprint density at radius 3 is 1.44 bits per heavy atom. The van der Waals surface area contributed by atoms with Crippen LogP contribution in [0.5, 0.6) is 0 Å². The maximum atomic E-state index is 2.45. The molecule has 0 saturated carbocycles. The lowest BCUT2D eigenvalue weighted by Crippen LogP contribution is -2.09. The molecular formula is C53H40N2. The molecule has 0 amide bonds. The van der Waals surface area contributed by atoms with Gasteiger partial charge in [0.1, 0.15) is 0 Å². The highest BCUT2D eigenvalue weighted by atomic mass is 15.1. The molecule has 0 bridgehead atoms. The quantitative estimate of drug-likeness (QED) is 0.150. The molecule has 0 aliphatic rings. The first-order valence-corrected chi connectivity index (χ1v) is 19.2. The third kappa shape index (κ3) is 5.57. The van der Waals surface area contributed by atoms with Gasteiger partial charge in [-0.2, -0.15) is 0 Å². The van der Waals surface area contributed by atoms with Crippen LogP contribution in [0.2, 0.25) is 0 Å². The molecule has 55 heavy (non-hydrogen) atoms. The van der Waals surface area contributed by atoms with E-state index in [0.717, 1.165) is 17.1 Å². The van der Waals surface area contributed by atoms with Crippen molar-refractivity contribution in [3.63, 3.8) is 0 Å². The van der Waals surface area contributed by atoms with Crippen LogP contribution in [0.25, 0.3) is 76.7 Å². The number of rotatable bonds is 7. The van der Waals surface area contributed by atoms with Gasteiger partial charge < -0.3 is 9.47 Å². The number of hydrogen-bond donors (Lipinski definition) is 0. The molecule has 0 unspecified atom stereocenters. The van der Waals surface area contributed by atoms with Crippen molar-refractivity contribution >= 4 is 60.4 Å². The fourth-order valence-corrected chi connectivity index (χ4v) is 8.70. The zero-order chi connectivity index (χ0) is 36.9. The van der Waals surface area contributed by atoms with Gasteiger partial charge in [-0.15, -0.1) is 0 Å². The molecule has 0 fully saturated rings. The minimum absolute atomic E-state index is 0.355. The molecule has 2 nitrogen and oxygen atoms in total. The Morgan fingerprint density at radius 1 is 0.327 bits per heavy atom. The van der Waals surface area contributed by atoms with E-state index in [1.807, 2.05) is 0 Å². The normalized spacial score (nSPS) is 11.6. The Morgan fingerprint density at radius 2 is 0.800 bits per heavy atom. The summed E-state index contributed by atoms with van der Waals surface area (Å²) in [6.07, 6.45) is 0. The second-order valence-electron chi connectivity index (χ2n) is 14.7. The molecule has 2 heteroatoms. The van der Waals surface area contributed by atoms with Crippen molar-refractivity contribution in [1.29, 1.82) is 0 Å². The van der Waals surface area contributed by atoms with E-state index in [4.69, 9.17) is 0 Å². The third-order valence-electron chi connectivity index (χ3n) is 11.1. The average molecular weight is 705 g/mol. The van der Waals surface area contributed by atoms with E-state index in [1.54, 1.807) is 0 Å². The molecule has 1 aromatic heterocycles. The standard InChI is InChI=1S/C53H40N2/c1-36(2)54-50-25-15-14-22-44(50)48-35-43(31-33-51(48)54)55(41-20-10-5-11-21-41)42-29-26-37(27-30-42)40-28-32-47-49(34-40)53(39-18-8-4-9-19-39)46-24-13-12-23-45(46)52(47)38-16-6-3-7-17-38/h3-36H,1-2H3. The molecule has 10 aromatic rings. The fourth-order valence-electron chi connectivity index (χ4n) is 8.70. The van der Waals surface area contributed by atoms with Gasteiger partial charge in [-0.1, -0.05) is 146 Å². The molecule has 0 saturated heterocycles. The van der Waals surface area contributed by atoms with Gasteiger partial charge in [0.25, 0.3) is 0 Å². The summed E-state index contributed by atoms with van der Waals surface area (Å²) in [6.45, 7) is 4.53. The van der Waals surface area contributed by atoms with Gasteiger partial charge in [-0.25, -0.2) is 0 Å². The van der Waals surface area contributed by atoms with Crippen LogP contribution >= 0.6 is 0 Å². The van der Waals surface area contributed by atoms with Crippen LogP contribution in [-0.2, 0) is 0 Å². The van der Waals surface area contributed by atoms with Crippen molar-refractivity contribution in [3.8, 4) is 33.4 Å². The molecule has 0 N–H and O–H groups in total. The van der Waals surface area contributed by atoms with E-state index in [1.165, 1.54) is 76.7 Å². The molecule has 0 atom stereocenters. The first-order chi connectivity index (χ1) is 27.1. The predicted molar refractivity (Wildman–Crippen MR) is 236 cm³/mol. The fraction of sp³-hybridized carbons (Fsp3) is 0.0566. The van der Waals surface area contributed by atoms with E-state index in [2.05, 4.69) is 224 Å². The molecule has 0 aliphatic heterocycles. The van der Waals surface area contributed by atoms with Crippen molar-refractivity contribution in [2.24, 2.45) is 0 Å². The van der Waals surface area contributed by atoms with Crippen LogP contribution in [0.4, 0.5) is 17.1 Å². The summed E-state index contributed by atoms with van der Waals surface area (Å²) < 4.78 is 2.45. The minimum Gasteiger partial charge on any atom is -0.338 e. The zero-order valence-corrected chi connectivity index (χ0v) is 31.0. The second kappa shape index (κ2) is 13.5. The highest BCUT2D eigenvalue weighted by Crippen LogP contribution is 2.45. The van der Waals surface area contributed by atoms with Crippen LogP contribution < -0.4 is 4.90 Å². The molecule has 10 rings (SSSR count). The Balaban J connectivity index is 1.13. The Kier molecular flexibility index (Phi) is 8.03. The maximum absolute atomic E-state index is 2.45. The summed E-state index contributed by atoms with van der Waals surface area (Å²) in [7, 11) is 0. The van der Waals surface area contributed by atoms with E-state index < -0.39 is 0 Å². The topological polar surface area (TPSA) is 8.17 Å². The molecule has 1 heterocycles. The minimum atomic E-state index is 0.355. The summed E-state index contributed by atoms with van der Waals surface area (Å²) in [5.74, 6) is 0. The Labute approximate surface area is 322 Å². The van der Waals surface area contributed by atoms with Gasteiger partial charge in [0.15, 0.2) is 0 Å². The van der Waals surface area contributed by atoms with Gasteiger partial charge in [0.2, 0.25) is 0 Å². The van der Waals surface area contributed by atoms with Crippen LogP contribution in [0.15, 0.2) is 200 Å². The Hall–Kier alpha value is -6.90. The molecule has 9 aromatic carbocycles. The molecular weight excluding hydrogens is 665 g/mol. The summed E-state index contributed by atoms with van der Waals surface area (Å²) >= 11 is 0. The number of anilines is 3. The molecule has 0 aliphatic carbocycles. The molecule has 262 valence electrons. The highest BCUT2D eigenvalue weighted by molar-refractivity contribution is 6.22.